The second kappa shape index (κ2) is 9.12. The zero-order chi connectivity index (χ0) is 15.2. The molecule has 0 spiro atoms. The van der Waals surface area contributed by atoms with Gasteiger partial charge in [0.1, 0.15) is 0 Å². The highest BCUT2D eigenvalue weighted by Gasteiger charge is 2.18. The number of hydrogen-bond donors (Lipinski definition) is 2. The maximum absolute atomic E-state index is 12.1. The van der Waals surface area contributed by atoms with Gasteiger partial charge in [0, 0.05) is 25.0 Å². The standard InChI is InChI=1S/C15H23N3O2S.ClH/c1-16-7-8-18(2)14(19)10-17-15(20)13-9-11-5-3-4-6-12(11)21-13;/h9,16H,3-8,10H2,1-2H3,(H,17,20);1H. The molecule has 0 atom stereocenters. The third-order valence-electron chi connectivity index (χ3n) is 3.74. The Hall–Kier alpha value is -1.11. The monoisotopic (exact) mass is 345 g/mol. The lowest BCUT2D eigenvalue weighted by atomic mass is 9.99. The molecule has 2 rings (SSSR count). The van der Waals surface area contributed by atoms with Crippen LogP contribution in [0.4, 0.5) is 0 Å². The van der Waals surface area contributed by atoms with Crippen molar-refractivity contribution in [2.24, 2.45) is 0 Å². The van der Waals surface area contributed by atoms with E-state index in [1.54, 1.807) is 23.3 Å². The first kappa shape index (κ1) is 18.9. The Morgan fingerprint density at radius 3 is 2.73 bits per heavy atom. The lowest BCUT2D eigenvalue weighted by Gasteiger charge is -2.16. The van der Waals surface area contributed by atoms with Crippen molar-refractivity contribution in [1.82, 2.24) is 15.5 Å². The first-order chi connectivity index (χ1) is 10.1. The van der Waals surface area contributed by atoms with E-state index < -0.39 is 0 Å². The minimum Gasteiger partial charge on any atom is -0.343 e. The molecule has 2 N–H and O–H groups in total. The SMILES string of the molecule is CNCCN(C)C(=O)CNC(=O)c1cc2c(s1)CCCC2.Cl. The van der Waals surface area contributed by atoms with Crippen molar-refractivity contribution in [3.05, 3.63) is 21.4 Å². The van der Waals surface area contributed by atoms with Crippen LogP contribution in [0.2, 0.25) is 0 Å². The molecular formula is C15H24ClN3O2S. The van der Waals surface area contributed by atoms with Gasteiger partial charge in [0.25, 0.3) is 5.91 Å². The molecule has 0 unspecified atom stereocenters. The van der Waals surface area contributed by atoms with Gasteiger partial charge in [-0.25, -0.2) is 0 Å². The van der Waals surface area contributed by atoms with Crippen molar-refractivity contribution in [1.29, 1.82) is 0 Å². The Bertz CT molecular complexity index is 495. The molecule has 0 aromatic carbocycles. The number of rotatable bonds is 6. The Balaban J connectivity index is 0.00000242. The summed E-state index contributed by atoms with van der Waals surface area (Å²) in [6, 6.07) is 1.99. The third-order valence-corrected chi connectivity index (χ3v) is 4.98. The van der Waals surface area contributed by atoms with Gasteiger partial charge in [-0.15, -0.1) is 23.7 Å². The van der Waals surface area contributed by atoms with E-state index in [1.165, 1.54) is 23.3 Å². The van der Waals surface area contributed by atoms with Crippen LogP contribution >= 0.6 is 23.7 Å². The summed E-state index contributed by atoms with van der Waals surface area (Å²) in [5.41, 5.74) is 1.31. The van der Waals surface area contributed by atoms with Gasteiger partial charge in [-0.2, -0.15) is 0 Å². The maximum atomic E-state index is 12.1. The number of aryl methyl sites for hydroxylation is 2. The molecule has 1 aromatic rings. The first-order valence-electron chi connectivity index (χ1n) is 7.40. The van der Waals surface area contributed by atoms with Crippen molar-refractivity contribution in [2.75, 3.05) is 33.7 Å². The molecule has 0 bridgehead atoms. The van der Waals surface area contributed by atoms with Crippen molar-refractivity contribution in [3.8, 4) is 0 Å². The summed E-state index contributed by atoms with van der Waals surface area (Å²) >= 11 is 1.57. The number of fused-ring (bicyclic) bond motifs is 1. The van der Waals surface area contributed by atoms with E-state index in [-0.39, 0.29) is 30.8 Å². The van der Waals surface area contributed by atoms with Gasteiger partial charge >= 0.3 is 0 Å². The molecule has 0 saturated heterocycles. The van der Waals surface area contributed by atoms with E-state index in [0.29, 0.717) is 6.54 Å². The predicted octanol–water partition coefficient (Wildman–Crippen LogP) is 1.46. The van der Waals surface area contributed by atoms with Gasteiger partial charge in [0.15, 0.2) is 0 Å². The third kappa shape index (κ3) is 4.97. The van der Waals surface area contributed by atoms with Crippen LogP contribution in [0.15, 0.2) is 6.07 Å². The van der Waals surface area contributed by atoms with Gasteiger partial charge < -0.3 is 15.5 Å². The molecule has 0 saturated carbocycles. The van der Waals surface area contributed by atoms with Crippen LogP contribution in [0.1, 0.15) is 33.0 Å². The van der Waals surface area contributed by atoms with E-state index in [4.69, 9.17) is 0 Å². The first-order valence-corrected chi connectivity index (χ1v) is 8.22. The van der Waals surface area contributed by atoms with Crippen LogP contribution in [0, 0.1) is 0 Å². The average Bonchev–Trinajstić information content (AvgIpc) is 2.93. The van der Waals surface area contributed by atoms with E-state index in [1.807, 2.05) is 13.1 Å². The van der Waals surface area contributed by atoms with Gasteiger partial charge in [0.2, 0.25) is 5.91 Å². The fourth-order valence-corrected chi connectivity index (χ4v) is 3.55. The summed E-state index contributed by atoms with van der Waals surface area (Å²) in [7, 11) is 3.59. The quantitative estimate of drug-likeness (QED) is 0.820. The van der Waals surface area contributed by atoms with Gasteiger partial charge in [-0.1, -0.05) is 0 Å². The lowest BCUT2D eigenvalue weighted by Crippen LogP contribution is -2.40. The molecule has 0 fully saturated rings. The molecule has 5 nitrogen and oxygen atoms in total. The van der Waals surface area contributed by atoms with Crippen LogP contribution in [0.25, 0.3) is 0 Å². The zero-order valence-corrected chi connectivity index (χ0v) is 14.7. The summed E-state index contributed by atoms with van der Waals surface area (Å²) in [5, 5.41) is 5.72. The molecule has 7 heteroatoms. The van der Waals surface area contributed by atoms with Crippen molar-refractivity contribution >= 4 is 35.6 Å². The second-order valence-corrected chi connectivity index (χ2v) is 6.50. The number of nitrogens with one attached hydrogen (secondary N) is 2. The molecule has 124 valence electrons. The lowest BCUT2D eigenvalue weighted by molar-refractivity contribution is -0.128. The highest BCUT2D eigenvalue weighted by atomic mass is 35.5. The Morgan fingerprint density at radius 1 is 1.32 bits per heavy atom. The number of carbonyl (C=O) groups excluding carboxylic acids is 2. The van der Waals surface area contributed by atoms with E-state index in [0.717, 1.165) is 24.3 Å². The number of nitrogens with zero attached hydrogens (tertiary/aromatic N) is 1. The Morgan fingerprint density at radius 2 is 2.05 bits per heavy atom. The van der Waals surface area contributed by atoms with Gasteiger partial charge in [-0.3, -0.25) is 9.59 Å². The normalized spacial score (nSPS) is 13.0. The van der Waals surface area contributed by atoms with Crippen LogP contribution in [-0.2, 0) is 17.6 Å². The van der Waals surface area contributed by atoms with Gasteiger partial charge in [0.05, 0.1) is 11.4 Å². The molecule has 22 heavy (non-hydrogen) atoms. The highest BCUT2D eigenvalue weighted by molar-refractivity contribution is 7.14. The Kier molecular flexibility index (Phi) is 7.85. The number of carbonyl (C=O) groups is 2. The number of hydrogen-bond acceptors (Lipinski definition) is 4. The molecule has 1 heterocycles. The molecule has 0 aliphatic heterocycles. The molecule has 0 radical (unpaired) electrons. The summed E-state index contributed by atoms with van der Waals surface area (Å²) in [6.45, 7) is 1.44. The fraction of sp³-hybridized carbons (Fsp3) is 0.600. The van der Waals surface area contributed by atoms with Crippen LogP contribution < -0.4 is 10.6 Å². The van der Waals surface area contributed by atoms with Crippen LogP contribution in [-0.4, -0.2) is 50.4 Å². The smallest absolute Gasteiger partial charge is 0.261 e. The van der Waals surface area contributed by atoms with Crippen LogP contribution in [0.3, 0.4) is 0 Å². The minimum absolute atomic E-state index is 0. The summed E-state index contributed by atoms with van der Waals surface area (Å²) < 4.78 is 0. The van der Waals surface area contributed by atoms with E-state index >= 15 is 0 Å². The summed E-state index contributed by atoms with van der Waals surface area (Å²) in [6.07, 6.45) is 4.58. The number of amides is 2. The topological polar surface area (TPSA) is 61.4 Å². The number of thiophene rings is 1. The molecule has 1 aliphatic rings. The Labute approximate surface area is 141 Å². The largest absolute Gasteiger partial charge is 0.343 e. The van der Waals surface area contributed by atoms with Crippen molar-refractivity contribution in [2.45, 2.75) is 25.7 Å². The van der Waals surface area contributed by atoms with Crippen LogP contribution in [0.5, 0.6) is 0 Å². The summed E-state index contributed by atoms with van der Waals surface area (Å²) in [5.74, 6) is -0.204. The zero-order valence-electron chi connectivity index (χ0n) is 13.1. The molecule has 2 amide bonds. The predicted molar refractivity (Wildman–Crippen MR) is 92.1 cm³/mol. The maximum Gasteiger partial charge on any atom is 0.261 e. The van der Waals surface area contributed by atoms with Crippen molar-refractivity contribution in [3.63, 3.8) is 0 Å². The number of likely N-dealkylation sites (N-methyl/N-ethyl adjacent to an activating group) is 2. The number of halogens is 1. The molecule has 1 aromatic heterocycles. The van der Waals surface area contributed by atoms with Gasteiger partial charge in [-0.05, 0) is 44.4 Å². The van der Waals surface area contributed by atoms with E-state index in [9.17, 15) is 9.59 Å². The molecular weight excluding hydrogens is 322 g/mol. The second-order valence-electron chi connectivity index (χ2n) is 5.37. The molecule has 1 aliphatic carbocycles. The van der Waals surface area contributed by atoms with Crippen molar-refractivity contribution < 1.29 is 9.59 Å². The fourth-order valence-electron chi connectivity index (χ4n) is 2.38. The van der Waals surface area contributed by atoms with E-state index in [2.05, 4.69) is 10.6 Å². The summed E-state index contributed by atoms with van der Waals surface area (Å²) in [4.78, 5) is 27.7. The minimum atomic E-state index is -0.134. The average molecular weight is 346 g/mol. The highest BCUT2D eigenvalue weighted by Crippen LogP contribution is 2.29.